The fourth-order valence-corrected chi connectivity index (χ4v) is 2.85. The van der Waals surface area contributed by atoms with E-state index >= 15 is 0 Å². The zero-order valence-corrected chi connectivity index (χ0v) is 11.0. The molecule has 0 atom stereocenters. The molecule has 0 unspecified atom stereocenters. The zero-order valence-electron chi connectivity index (χ0n) is 11.0. The number of aliphatic carboxylic acids is 1. The number of nitrogens with zero attached hydrogens (tertiary/aromatic N) is 5. The summed E-state index contributed by atoms with van der Waals surface area (Å²) < 4.78 is 1.33. The van der Waals surface area contributed by atoms with Crippen molar-refractivity contribution in [2.45, 2.75) is 44.1 Å². The number of anilines is 1. The van der Waals surface area contributed by atoms with Crippen molar-refractivity contribution in [2.75, 3.05) is 5.32 Å². The minimum absolute atomic E-state index is 0.0995. The van der Waals surface area contributed by atoms with Crippen LogP contribution in [0.2, 0.25) is 0 Å². The van der Waals surface area contributed by atoms with Crippen molar-refractivity contribution in [3.63, 3.8) is 0 Å². The van der Waals surface area contributed by atoms with Crippen molar-refractivity contribution in [1.82, 2.24) is 25.3 Å². The number of nitrogens with one attached hydrogen (secondary N) is 1. The maximum atomic E-state index is 11.1. The Morgan fingerprint density at radius 1 is 1.35 bits per heavy atom. The number of tetrazole rings is 1. The van der Waals surface area contributed by atoms with Crippen LogP contribution in [-0.4, -0.2) is 41.9 Å². The lowest BCUT2D eigenvalue weighted by atomic mass is 9.79. The first-order valence-corrected chi connectivity index (χ1v) is 6.72. The Morgan fingerprint density at radius 3 is 2.90 bits per heavy atom. The van der Waals surface area contributed by atoms with Gasteiger partial charge in [-0.3, -0.25) is 4.79 Å². The van der Waals surface area contributed by atoms with Crippen molar-refractivity contribution in [1.29, 1.82) is 0 Å². The van der Waals surface area contributed by atoms with E-state index in [1.54, 1.807) is 12.1 Å². The molecule has 2 N–H and O–H groups in total. The molecular weight excluding hydrogens is 260 g/mol. The summed E-state index contributed by atoms with van der Waals surface area (Å²) in [4.78, 5) is 11.1. The molecule has 0 aliphatic heterocycles. The first kappa shape index (κ1) is 12.8. The molecule has 0 saturated heterocycles. The van der Waals surface area contributed by atoms with Gasteiger partial charge in [-0.05, 0) is 35.4 Å². The largest absolute Gasteiger partial charge is 0.481 e. The Balaban J connectivity index is 1.85. The molecule has 2 aromatic rings. The highest BCUT2D eigenvalue weighted by molar-refractivity contribution is 5.69. The van der Waals surface area contributed by atoms with Gasteiger partial charge in [-0.1, -0.05) is 19.3 Å². The SMILES string of the molecule is O=C(O)CC1(Nc2ccc3nnnn3n2)CCCCC1. The second-order valence-electron chi connectivity index (χ2n) is 5.28. The van der Waals surface area contributed by atoms with Crippen LogP contribution in [0.25, 0.3) is 5.65 Å². The third-order valence-corrected chi connectivity index (χ3v) is 3.76. The van der Waals surface area contributed by atoms with Gasteiger partial charge in [0.1, 0.15) is 5.82 Å². The van der Waals surface area contributed by atoms with Gasteiger partial charge in [0.25, 0.3) is 0 Å². The molecule has 1 aliphatic carbocycles. The summed E-state index contributed by atoms with van der Waals surface area (Å²) in [5.74, 6) is -0.184. The molecule has 2 aromatic heterocycles. The van der Waals surface area contributed by atoms with E-state index in [9.17, 15) is 4.79 Å². The molecule has 0 spiro atoms. The summed E-state index contributed by atoms with van der Waals surface area (Å²) in [6.45, 7) is 0. The highest BCUT2D eigenvalue weighted by Crippen LogP contribution is 2.34. The lowest BCUT2D eigenvalue weighted by Crippen LogP contribution is -2.42. The minimum Gasteiger partial charge on any atom is -0.481 e. The molecule has 1 aliphatic rings. The minimum atomic E-state index is -0.789. The molecule has 0 radical (unpaired) electrons. The third kappa shape index (κ3) is 2.54. The Kier molecular flexibility index (Phi) is 3.21. The van der Waals surface area contributed by atoms with Gasteiger partial charge in [0.2, 0.25) is 0 Å². The molecule has 0 aromatic carbocycles. The van der Waals surface area contributed by atoms with Gasteiger partial charge in [0, 0.05) is 5.54 Å². The number of carbonyl (C=O) groups is 1. The average molecular weight is 276 g/mol. The van der Waals surface area contributed by atoms with Crippen LogP contribution < -0.4 is 5.32 Å². The quantitative estimate of drug-likeness (QED) is 0.861. The molecule has 8 heteroatoms. The van der Waals surface area contributed by atoms with Crippen molar-refractivity contribution in [2.24, 2.45) is 0 Å². The van der Waals surface area contributed by atoms with Crippen LogP contribution in [-0.2, 0) is 4.79 Å². The molecule has 8 nitrogen and oxygen atoms in total. The maximum Gasteiger partial charge on any atom is 0.305 e. The second-order valence-corrected chi connectivity index (χ2v) is 5.28. The van der Waals surface area contributed by atoms with Gasteiger partial charge in [-0.25, -0.2) is 0 Å². The lowest BCUT2D eigenvalue weighted by molar-refractivity contribution is -0.138. The van der Waals surface area contributed by atoms with Crippen LogP contribution in [0.4, 0.5) is 5.82 Å². The fraction of sp³-hybridized carbons (Fsp3) is 0.583. The molecule has 3 rings (SSSR count). The first-order chi connectivity index (χ1) is 9.67. The van der Waals surface area contributed by atoms with Gasteiger partial charge in [-0.15, -0.1) is 14.8 Å². The monoisotopic (exact) mass is 276 g/mol. The number of hydrogen-bond acceptors (Lipinski definition) is 6. The molecule has 1 fully saturated rings. The van der Waals surface area contributed by atoms with E-state index in [1.165, 1.54) is 4.63 Å². The van der Waals surface area contributed by atoms with E-state index in [0.717, 1.165) is 32.1 Å². The van der Waals surface area contributed by atoms with E-state index in [4.69, 9.17) is 5.11 Å². The first-order valence-electron chi connectivity index (χ1n) is 6.72. The average Bonchev–Trinajstić information content (AvgIpc) is 2.86. The summed E-state index contributed by atoms with van der Waals surface area (Å²) in [5.41, 5.74) is 0.144. The Bertz CT molecular complexity index is 619. The fourth-order valence-electron chi connectivity index (χ4n) is 2.85. The molecule has 106 valence electrons. The highest BCUT2D eigenvalue weighted by atomic mass is 16.4. The summed E-state index contributed by atoms with van der Waals surface area (Å²) in [6.07, 6.45) is 5.01. The van der Waals surface area contributed by atoms with Gasteiger partial charge in [0.05, 0.1) is 6.42 Å². The van der Waals surface area contributed by atoms with Gasteiger partial charge in [0.15, 0.2) is 5.65 Å². The predicted molar refractivity (Wildman–Crippen MR) is 70.3 cm³/mol. The number of carboxylic acids is 1. The topological polar surface area (TPSA) is 105 Å². The van der Waals surface area contributed by atoms with Crippen LogP contribution >= 0.6 is 0 Å². The lowest BCUT2D eigenvalue weighted by Gasteiger charge is -2.37. The van der Waals surface area contributed by atoms with Crippen molar-refractivity contribution in [3.8, 4) is 0 Å². The molecule has 1 saturated carbocycles. The smallest absolute Gasteiger partial charge is 0.305 e. The van der Waals surface area contributed by atoms with Gasteiger partial charge >= 0.3 is 5.97 Å². The standard InChI is InChI=1S/C12H16N6O2/c19-11(20)8-12(6-2-1-3-7-12)13-9-4-5-10-14-16-17-18(10)15-9/h4-5H,1-3,6-8H2,(H,13,15)(H,19,20). The molecular formula is C12H16N6O2. The number of aromatic nitrogens is 5. The molecule has 20 heavy (non-hydrogen) atoms. The molecule has 2 heterocycles. The highest BCUT2D eigenvalue weighted by Gasteiger charge is 2.34. The molecule has 0 bridgehead atoms. The van der Waals surface area contributed by atoms with E-state index in [0.29, 0.717) is 11.5 Å². The number of hydrogen-bond donors (Lipinski definition) is 2. The summed E-state index contributed by atoms with van der Waals surface area (Å²) >= 11 is 0. The Hall–Kier alpha value is -2.25. The number of fused-ring (bicyclic) bond motifs is 1. The van der Waals surface area contributed by atoms with E-state index in [1.807, 2.05) is 0 Å². The summed E-state index contributed by atoms with van der Waals surface area (Å²) in [6, 6.07) is 3.54. The van der Waals surface area contributed by atoms with Crippen molar-refractivity contribution in [3.05, 3.63) is 12.1 Å². The summed E-state index contributed by atoms with van der Waals surface area (Å²) in [5, 5.41) is 27.8. The van der Waals surface area contributed by atoms with Crippen molar-refractivity contribution < 1.29 is 9.90 Å². The van der Waals surface area contributed by atoms with Crippen LogP contribution in [0.5, 0.6) is 0 Å². The van der Waals surface area contributed by atoms with Crippen LogP contribution in [0.3, 0.4) is 0 Å². The van der Waals surface area contributed by atoms with E-state index in [2.05, 4.69) is 25.9 Å². The van der Waals surface area contributed by atoms with Crippen molar-refractivity contribution >= 4 is 17.4 Å². The zero-order chi connectivity index (χ0) is 14.0. The number of carboxylic acid groups (broad SMARTS) is 1. The van der Waals surface area contributed by atoms with Gasteiger partial charge in [-0.2, -0.15) is 0 Å². The van der Waals surface area contributed by atoms with Crippen LogP contribution in [0.1, 0.15) is 38.5 Å². The number of rotatable bonds is 4. The molecule has 0 amide bonds. The van der Waals surface area contributed by atoms with Crippen LogP contribution in [0.15, 0.2) is 12.1 Å². The van der Waals surface area contributed by atoms with Gasteiger partial charge < -0.3 is 10.4 Å². The maximum absolute atomic E-state index is 11.1. The van der Waals surface area contributed by atoms with E-state index in [-0.39, 0.29) is 6.42 Å². The van der Waals surface area contributed by atoms with E-state index < -0.39 is 11.5 Å². The summed E-state index contributed by atoms with van der Waals surface area (Å²) in [7, 11) is 0. The Labute approximate surface area is 115 Å². The third-order valence-electron chi connectivity index (χ3n) is 3.76. The van der Waals surface area contributed by atoms with Crippen LogP contribution in [0, 0.1) is 0 Å². The normalized spacial score (nSPS) is 18.0. The predicted octanol–water partition coefficient (Wildman–Crippen LogP) is 1.11. The Morgan fingerprint density at radius 2 is 2.15 bits per heavy atom. The second kappa shape index (κ2) is 5.03.